The molecule has 2 nitrogen and oxygen atoms in total. The number of hydrogen-bond donors (Lipinski definition) is 1. The second-order valence-corrected chi connectivity index (χ2v) is 4.53. The topological polar surface area (TPSA) is 21.3 Å². The predicted octanol–water partition coefficient (Wildman–Crippen LogP) is 3.86. The summed E-state index contributed by atoms with van der Waals surface area (Å²) in [5, 5.41) is 2.51. The van der Waals surface area contributed by atoms with Crippen molar-refractivity contribution in [2.45, 2.75) is 38.9 Å². The van der Waals surface area contributed by atoms with E-state index < -0.39 is 11.7 Å². The molecule has 108 valence electrons. The van der Waals surface area contributed by atoms with E-state index in [1.807, 2.05) is 6.92 Å². The summed E-state index contributed by atoms with van der Waals surface area (Å²) < 4.78 is 44.9. The average molecular weight is 275 g/mol. The molecule has 19 heavy (non-hydrogen) atoms. The van der Waals surface area contributed by atoms with Gasteiger partial charge in [-0.25, -0.2) is 0 Å². The van der Waals surface area contributed by atoms with Gasteiger partial charge in [0.1, 0.15) is 11.3 Å². The number of halogens is 3. The summed E-state index contributed by atoms with van der Waals surface area (Å²) in [6, 6.07) is 6.07. The fraction of sp³-hybridized carbons (Fsp3) is 0.571. The van der Waals surface area contributed by atoms with Crippen molar-refractivity contribution in [2.24, 2.45) is 0 Å². The fourth-order valence-electron chi connectivity index (χ4n) is 1.82. The van der Waals surface area contributed by atoms with Gasteiger partial charge in [0.2, 0.25) is 0 Å². The second-order valence-electron chi connectivity index (χ2n) is 4.53. The minimum Gasteiger partial charge on any atom is -0.494 e. The predicted molar refractivity (Wildman–Crippen MR) is 69.3 cm³/mol. The molecule has 0 amide bonds. The van der Waals surface area contributed by atoms with E-state index in [1.54, 1.807) is 19.1 Å². The van der Waals surface area contributed by atoms with E-state index >= 15 is 0 Å². The van der Waals surface area contributed by atoms with E-state index in [0.717, 1.165) is 13.3 Å². The number of hydrogen-bond acceptors (Lipinski definition) is 2. The van der Waals surface area contributed by atoms with Crippen LogP contribution in [0.4, 0.5) is 13.2 Å². The Morgan fingerprint density at radius 2 is 1.68 bits per heavy atom. The zero-order valence-corrected chi connectivity index (χ0v) is 11.5. The minimum absolute atomic E-state index is 0.186. The Kier molecular flexibility index (Phi) is 5.23. The van der Waals surface area contributed by atoms with Crippen LogP contribution in [0.1, 0.15) is 32.8 Å². The van der Waals surface area contributed by atoms with Crippen LogP contribution in [0, 0.1) is 0 Å². The van der Waals surface area contributed by atoms with Gasteiger partial charge in [-0.3, -0.25) is 0 Å². The molecule has 0 aromatic heterocycles. The molecule has 1 atom stereocenters. The highest BCUT2D eigenvalue weighted by Crippen LogP contribution is 2.38. The Morgan fingerprint density at radius 3 is 2.11 bits per heavy atom. The Labute approximate surface area is 112 Å². The van der Waals surface area contributed by atoms with E-state index in [2.05, 4.69) is 5.32 Å². The zero-order chi connectivity index (χ0) is 14.5. The van der Waals surface area contributed by atoms with Crippen LogP contribution in [-0.2, 0) is 5.54 Å². The summed E-state index contributed by atoms with van der Waals surface area (Å²) >= 11 is 0. The first-order valence-electron chi connectivity index (χ1n) is 6.40. The summed E-state index contributed by atoms with van der Waals surface area (Å²) in [4.78, 5) is 0. The van der Waals surface area contributed by atoms with Crippen molar-refractivity contribution in [3.05, 3.63) is 29.8 Å². The molecule has 0 saturated heterocycles. The SMILES string of the molecule is CCCOc1ccc(C(C)(NCC)C(F)(F)F)cc1. The fourth-order valence-corrected chi connectivity index (χ4v) is 1.82. The molecule has 1 aromatic rings. The molecule has 0 aliphatic rings. The number of ether oxygens (including phenoxy) is 1. The van der Waals surface area contributed by atoms with E-state index in [1.165, 1.54) is 12.1 Å². The molecule has 0 fully saturated rings. The van der Waals surface area contributed by atoms with Gasteiger partial charge in [0.15, 0.2) is 0 Å². The van der Waals surface area contributed by atoms with Crippen LogP contribution in [-0.4, -0.2) is 19.3 Å². The summed E-state index contributed by atoms with van der Waals surface area (Å²) in [6.45, 7) is 5.58. The standard InChI is InChI=1S/C14H20F3NO/c1-4-10-19-12-8-6-11(7-9-12)13(3,18-5-2)14(15,16)17/h6-9,18H,4-5,10H2,1-3H3. The van der Waals surface area contributed by atoms with Gasteiger partial charge in [0.05, 0.1) is 6.61 Å². The number of nitrogens with one attached hydrogen (secondary N) is 1. The Balaban J connectivity index is 2.98. The summed E-state index contributed by atoms with van der Waals surface area (Å²) in [7, 11) is 0. The first kappa shape index (κ1) is 15.8. The monoisotopic (exact) mass is 275 g/mol. The van der Waals surface area contributed by atoms with Crippen LogP contribution >= 0.6 is 0 Å². The summed E-state index contributed by atoms with van der Waals surface area (Å²) in [5.41, 5.74) is -1.85. The molecule has 0 heterocycles. The van der Waals surface area contributed by atoms with Gasteiger partial charge in [0, 0.05) is 0 Å². The maximum Gasteiger partial charge on any atom is 0.410 e. The van der Waals surface area contributed by atoms with Crippen molar-refractivity contribution in [1.82, 2.24) is 5.32 Å². The molecule has 0 aliphatic carbocycles. The molecule has 1 N–H and O–H groups in total. The van der Waals surface area contributed by atoms with Gasteiger partial charge >= 0.3 is 6.18 Å². The molecule has 0 spiro atoms. The van der Waals surface area contributed by atoms with Gasteiger partial charge in [0.25, 0.3) is 0 Å². The van der Waals surface area contributed by atoms with Crippen molar-refractivity contribution in [1.29, 1.82) is 0 Å². The normalized spacial score (nSPS) is 15.1. The lowest BCUT2D eigenvalue weighted by molar-refractivity contribution is -0.195. The molecule has 1 rings (SSSR count). The molecule has 1 unspecified atom stereocenters. The molecular weight excluding hydrogens is 255 g/mol. The van der Waals surface area contributed by atoms with Gasteiger partial charge < -0.3 is 10.1 Å². The molecule has 0 radical (unpaired) electrons. The van der Waals surface area contributed by atoms with Crippen molar-refractivity contribution in [2.75, 3.05) is 13.2 Å². The maximum atomic E-state index is 13.2. The van der Waals surface area contributed by atoms with Crippen molar-refractivity contribution in [3.8, 4) is 5.75 Å². The van der Waals surface area contributed by atoms with Crippen LogP contribution in [0.25, 0.3) is 0 Å². The van der Waals surface area contributed by atoms with Crippen LogP contribution < -0.4 is 10.1 Å². The molecule has 5 heteroatoms. The van der Waals surface area contributed by atoms with E-state index in [4.69, 9.17) is 4.74 Å². The highest BCUT2D eigenvalue weighted by atomic mass is 19.4. The van der Waals surface area contributed by atoms with Gasteiger partial charge in [-0.2, -0.15) is 13.2 Å². The molecule has 0 bridgehead atoms. The van der Waals surface area contributed by atoms with Crippen LogP contribution in [0.2, 0.25) is 0 Å². The zero-order valence-electron chi connectivity index (χ0n) is 11.5. The number of rotatable bonds is 6. The van der Waals surface area contributed by atoms with Gasteiger partial charge in [-0.05, 0) is 37.6 Å². The third kappa shape index (κ3) is 3.62. The van der Waals surface area contributed by atoms with Gasteiger partial charge in [-0.1, -0.05) is 26.0 Å². The van der Waals surface area contributed by atoms with E-state index in [-0.39, 0.29) is 12.1 Å². The lowest BCUT2D eigenvalue weighted by Crippen LogP contribution is -2.51. The highest BCUT2D eigenvalue weighted by molar-refractivity contribution is 5.32. The first-order chi connectivity index (χ1) is 8.85. The molecular formula is C14H20F3NO. The minimum atomic E-state index is -4.35. The third-order valence-corrected chi connectivity index (χ3v) is 3.00. The second kappa shape index (κ2) is 6.28. The lowest BCUT2D eigenvalue weighted by atomic mass is 9.91. The summed E-state index contributed by atoms with van der Waals surface area (Å²) in [5.74, 6) is 0.589. The average Bonchev–Trinajstić information content (AvgIpc) is 2.36. The van der Waals surface area contributed by atoms with E-state index in [9.17, 15) is 13.2 Å². The lowest BCUT2D eigenvalue weighted by Gasteiger charge is -2.33. The smallest absolute Gasteiger partial charge is 0.410 e. The summed E-state index contributed by atoms with van der Waals surface area (Å²) in [6.07, 6.45) is -3.49. The first-order valence-corrected chi connectivity index (χ1v) is 6.40. The quantitative estimate of drug-likeness (QED) is 0.851. The van der Waals surface area contributed by atoms with Gasteiger partial charge in [-0.15, -0.1) is 0 Å². The van der Waals surface area contributed by atoms with Crippen molar-refractivity contribution >= 4 is 0 Å². The maximum absolute atomic E-state index is 13.2. The molecule has 0 saturated carbocycles. The number of alkyl halides is 3. The van der Waals surface area contributed by atoms with E-state index in [0.29, 0.717) is 12.4 Å². The van der Waals surface area contributed by atoms with Crippen LogP contribution in [0.15, 0.2) is 24.3 Å². The Bertz CT molecular complexity index is 389. The highest BCUT2D eigenvalue weighted by Gasteiger charge is 2.51. The largest absolute Gasteiger partial charge is 0.494 e. The molecule has 1 aromatic carbocycles. The van der Waals surface area contributed by atoms with Crippen LogP contribution in [0.5, 0.6) is 5.75 Å². The Morgan fingerprint density at radius 1 is 1.11 bits per heavy atom. The Hall–Kier alpha value is -1.23. The number of benzene rings is 1. The van der Waals surface area contributed by atoms with Crippen molar-refractivity contribution in [3.63, 3.8) is 0 Å². The van der Waals surface area contributed by atoms with Crippen molar-refractivity contribution < 1.29 is 17.9 Å². The third-order valence-electron chi connectivity index (χ3n) is 3.00. The van der Waals surface area contributed by atoms with Crippen LogP contribution in [0.3, 0.4) is 0 Å². The molecule has 0 aliphatic heterocycles.